The zero-order valence-corrected chi connectivity index (χ0v) is 23.4. The van der Waals surface area contributed by atoms with Gasteiger partial charge in [-0.15, -0.1) is 0 Å². The molecule has 2 aliphatic heterocycles. The molecule has 3 aliphatic rings. The minimum Gasteiger partial charge on any atom is -0.444 e. The molecule has 0 aromatic heterocycles. The third kappa shape index (κ3) is 7.97. The molecule has 0 unspecified atom stereocenters. The number of fused-ring (bicyclic) bond motifs is 2. The second-order valence-electron chi connectivity index (χ2n) is 12.5. The first kappa shape index (κ1) is 29.0. The van der Waals surface area contributed by atoms with Gasteiger partial charge in [0.05, 0.1) is 16.8 Å². The zero-order chi connectivity index (χ0) is 27.4. The van der Waals surface area contributed by atoms with E-state index in [1.54, 1.807) is 25.7 Å². The van der Waals surface area contributed by atoms with Crippen molar-refractivity contribution in [2.75, 3.05) is 6.54 Å². The highest BCUT2D eigenvalue weighted by Crippen LogP contribution is 2.49. The fourth-order valence-corrected chi connectivity index (χ4v) is 4.95. The molecular weight excluding hydrogens is 472 g/mol. The first-order valence-corrected chi connectivity index (χ1v) is 13.6. The van der Waals surface area contributed by atoms with E-state index in [2.05, 4.69) is 34.8 Å². The molecule has 3 N–H and O–H groups in total. The Hall–Kier alpha value is -2.55. The van der Waals surface area contributed by atoms with Crippen molar-refractivity contribution in [2.45, 2.75) is 122 Å². The van der Waals surface area contributed by atoms with Crippen LogP contribution in [0.1, 0.15) is 92.9 Å². The number of nitrogens with one attached hydrogen (secondary N) is 3. The second-order valence-corrected chi connectivity index (χ2v) is 12.5. The number of hydrogen-bond acceptors (Lipinski definition) is 6. The topological polar surface area (TPSA) is 109 Å². The number of carbonyl (C=O) groups excluding carboxylic acids is 3. The van der Waals surface area contributed by atoms with Crippen LogP contribution in [-0.4, -0.2) is 58.2 Å². The van der Waals surface area contributed by atoms with E-state index >= 15 is 0 Å². The smallest absolute Gasteiger partial charge is 0.408 e. The van der Waals surface area contributed by atoms with Gasteiger partial charge in [-0.05, 0) is 80.1 Å². The maximum Gasteiger partial charge on any atom is 0.408 e. The van der Waals surface area contributed by atoms with E-state index in [-0.39, 0.29) is 17.7 Å². The maximum atomic E-state index is 13.6. The Labute approximate surface area is 221 Å². The lowest BCUT2D eigenvalue weighted by atomic mass is 10.0. The summed E-state index contributed by atoms with van der Waals surface area (Å²) >= 11 is 0. The molecule has 3 rings (SSSR count). The number of alkyl carbamates (subject to hydrolysis) is 1. The average Bonchev–Trinajstić information content (AvgIpc) is 3.23. The summed E-state index contributed by atoms with van der Waals surface area (Å²) in [5, 5.41) is 5.99. The molecule has 37 heavy (non-hydrogen) atoms. The zero-order valence-electron chi connectivity index (χ0n) is 23.4. The quantitative estimate of drug-likeness (QED) is 0.382. The minimum absolute atomic E-state index is 0.109. The second kappa shape index (κ2) is 11.5. The molecule has 0 aromatic carbocycles. The van der Waals surface area contributed by atoms with E-state index in [0.717, 1.165) is 38.5 Å². The van der Waals surface area contributed by atoms with Gasteiger partial charge in [0.25, 0.3) is 0 Å². The van der Waals surface area contributed by atoms with Crippen LogP contribution in [0.2, 0.25) is 0 Å². The van der Waals surface area contributed by atoms with Crippen molar-refractivity contribution in [3.05, 3.63) is 24.4 Å². The number of amides is 3. The Morgan fingerprint density at radius 2 is 1.81 bits per heavy atom. The third-order valence-electron chi connectivity index (χ3n) is 6.94. The summed E-state index contributed by atoms with van der Waals surface area (Å²) in [6.07, 6.45) is 9.86. The van der Waals surface area contributed by atoms with Gasteiger partial charge < -0.3 is 20.3 Å². The monoisotopic (exact) mass is 518 g/mol. The molecule has 9 nitrogen and oxygen atoms in total. The summed E-state index contributed by atoms with van der Waals surface area (Å²) in [6.45, 7) is 15.8. The maximum absolute atomic E-state index is 13.6. The summed E-state index contributed by atoms with van der Waals surface area (Å²) in [6, 6.07) is -1.33. The highest BCUT2D eigenvalue weighted by molar-refractivity contribution is 5.92. The molecule has 9 heteroatoms. The van der Waals surface area contributed by atoms with Gasteiger partial charge in [0.15, 0.2) is 0 Å². The molecule has 0 aromatic rings. The third-order valence-corrected chi connectivity index (χ3v) is 6.94. The van der Waals surface area contributed by atoms with Gasteiger partial charge in [-0.1, -0.05) is 31.6 Å². The van der Waals surface area contributed by atoms with E-state index in [0.29, 0.717) is 25.1 Å². The molecule has 4 atom stereocenters. The lowest BCUT2D eigenvalue weighted by Gasteiger charge is -2.31. The molecular formula is C28H46N4O5. The number of ether oxygens (including phenoxy) is 1. The largest absolute Gasteiger partial charge is 0.444 e. The van der Waals surface area contributed by atoms with E-state index in [4.69, 9.17) is 9.57 Å². The number of hydroxylamine groups is 1. The van der Waals surface area contributed by atoms with Crippen LogP contribution in [0.4, 0.5) is 4.79 Å². The first-order valence-electron chi connectivity index (χ1n) is 13.6. The van der Waals surface area contributed by atoms with Crippen LogP contribution < -0.4 is 16.1 Å². The summed E-state index contributed by atoms with van der Waals surface area (Å²) < 4.78 is 5.42. The van der Waals surface area contributed by atoms with Gasteiger partial charge in [-0.2, -0.15) is 0 Å². The number of allylic oxidation sites excluding steroid dienone is 1. The van der Waals surface area contributed by atoms with E-state index in [1.165, 1.54) is 0 Å². The van der Waals surface area contributed by atoms with Gasteiger partial charge in [0.2, 0.25) is 11.8 Å². The van der Waals surface area contributed by atoms with Crippen LogP contribution in [0.25, 0.3) is 0 Å². The molecule has 208 valence electrons. The molecule has 1 saturated heterocycles. The van der Waals surface area contributed by atoms with Crippen LogP contribution in [0.15, 0.2) is 24.4 Å². The fourth-order valence-electron chi connectivity index (χ4n) is 4.95. The van der Waals surface area contributed by atoms with Crippen molar-refractivity contribution in [1.82, 2.24) is 21.0 Å². The fraction of sp³-hybridized carbons (Fsp3) is 0.750. The molecule has 0 radical (unpaired) electrons. The van der Waals surface area contributed by atoms with Crippen LogP contribution in [0.3, 0.4) is 0 Å². The van der Waals surface area contributed by atoms with Gasteiger partial charge in [-0.3, -0.25) is 19.9 Å². The Kier molecular flexibility index (Phi) is 8.98. The molecule has 2 heterocycles. The Bertz CT molecular complexity index is 903. The van der Waals surface area contributed by atoms with Gasteiger partial charge in [-0.25, -0.2) is 4.79 Å². The number of nitrogens with zero attached hydrogens (tertiary/aromatic N) is 1. The van der Waals surface area contributed by atoms with E-state index in [9.17, 15) is 14.4 Å². The summed E-state index contributed by atoms with van der Waals surface area (Å²) in [5.41, 5.74) is 1.82. The van der Waals surface area contributed by atoms with Crippen molar-refractivity contribution in [1.29, 1.82) is 0 Å². The molecule has 2 fully saturated rings. The van der Waals surface area contributed by atoms with Crippen LogP contribution in [0, 0.1) is 5.92 Å². The van der Waals surface area contributed by atoms with Crippen molar-refractivity contribution in [2.24, 2.45) is 5.92 Å². The molecule has 0 spiro atoms. The summed E-state index contributed by atoms with van der Waals surface area (Å²) in [4.78, 5) is 47.1. The Morgan fingerprint density at radius 3 is 2.49 bits per heavy atom. The lowest BCUT2D eigenvalue weighted by molar-refractivity contribution is -0.140. The Balaban J connectivity index is 1.80. The summed E-state index contributed by atoms with van der Waals surface area (Å²) in [7, 11) is 0. The minimum atomic E-state index is -0.733. The van der Waals surface area contributed by atoms with Crippen LogP contribution in [-0.2, 0) is 19.2 Å². The number of hydrogen-bond donors (Lipinski definition) is 3. The van der Waals surface area contributed by atoms with Crippen molar-refractivity contribution >= 4 is 17.9 Å². The van der Waals surface area contributed by atoms with Gasteiger partial charge in [0, 0.05) is 12.5 Å². The van der Waals surface area contributed by atoms with E-state index < -0.39 is 34.9 Å². The normalized spacial score (nSPS) is 30.1. The highest BCUT2D eigenvalue weighted by Gasteiger charge is 2.57. The molecule has 1 aliphatic carbocycles. The van der Waals surface area contributed by atoms with E-state index in [1.807, 2.05) is 20.8 Å². The van der Waals surface area contributed by atoms with Crippen molar-refractivity contribution < 1.29 is 24.0 Å². The van der Waals surface area contributed by atoms with Crippen LogP contribution in [0.5, 0.6) is 0 Å². The SMILES string of the molecule is C=C(NOC(C)(C)C)[C@@]12C[C@H]1/C=C\CCCCC[C@H](NC(=O)OC(C)(C)C)C(=O)N1CCC[C@H]1C(=O)N2. The molecule has 1 saturated carbocycles. The number of carbonyl (C=O) groups is 3. The standard InChI is InChI=1S/C28H46N4O5/c1-19(31-37-27(5,6)7)28-18-20(28)14-11-9-8-10-12-15-21(29-25(35)36-26(2,3)4)24(34)32-17-13-16-22(32)23(33)30-28/h11,14,20-22,31H,1,8-10,12-13,15-18H2,2-7H3,(H,29,35)(H,30,33)/b14-11-/t20-,21+,22+,28+/m1/s1. The molecule has 0 bridgehead atoms. The highest BCUT2D eigenvalue weighted by atomic mass is 16.7. The van der Waals surface area contributed by atoms with Gasteiger partial charge in [0.1, 0.15) is 17.7 Å². The van der Waals surface area contributed by atoms with Crippen molar-refractivity contribution in [3.63, 3.8) is 0 Å². The lowest BCUT2D eigenvalue weighted by Crippen LogP contribution is -2.56. The van der Waals surface area contributed by atoms with Crippen LogP contribution >= 0.6 is 0 Å². The van der Waals surface area contributed by atoms with Gasteiger partial charge >= 0.3 is 6.09 Å². The predicted octanol–water partition coefficient (Wildman–Crippen LogP) is 4.10. The summed E-state index contributed by atoms with van der Waals surface area (Å²) in [5.74, 6) is -0.324. The molecule has 3 amide bonds. The van der Waals surface area contributed by atoms with Crippen molar-refractivity contribution in [3.8, 4) is 0 Å². The number of rotatable bonds is 4. The Morgan fingerprint density at radius 1 is 1.08 bits per heavy atom. The average molecular weight is 519 g/mol. The first-order chi connectivity index (χ1) is 17.2. The predicted molar refractivity (Wildman–Crippen MR) is 142 cm³/mol.